The van der Waals surface area contributed by atoms with Crippen molar-refractivity contribution in [1.82, 2.24) is 4.98 Å². The van der Waals surface area contributed by atoms with Crippen molar-refractivity contribution in [2.45, 2.75) is 0 Å². The second-order valence-corrected chi connectivity index (χ2v) is 5.56. The summed E-state index contributed by atoms with van der Waals surface area (Å²) >= 11 is 2.28. The largest absolute Gasteiger partial charge is 0.261 e. The highest BCUT2D eigenvalue weighted by molar-refractivity contribution is 14.1. The smallest absolute Gasteiger partial charge is 0.146 e. The van der Waals surface area contributed by atoms with Crippen molar-refractivity contribution in [3.8, 4) is 0 Å². The zero-order valence-electron chi connectivity index (χ0n) is 10.6. The normalized spacial score (nSPS) is 11.1. The Kier molecular flexibility index (Phi) is 3.92. The van der Waals surface area contributed by atoms with E-state index in [9.17, 15) is 0 Å². The van der Waals surface area contributed by atoms with E-state index in [1.54, 1.807) is 6.21 Å². The molecule has 3 nitrogen and oxygen atoms in total. The summed E-state index contributed by atoms with van der Waals surface area (Å²) in [7, 11) is 0. The van der Waals surface area contributed by atoms with Crippen LogP contribution in [0.25, 0.3) is 10.9 Å². The van der Waals surface area contributed by atoms with Gasteiger partial charge in [0.25, 0.3) is 0 Å². The first-order chi connectivity index (χ1) is 9.81. The van der Waals surface area contributed by atoms with Crippen LogP contribution >= 0.6 is 22.6 Å². The minimum absolute atomic E-state index is 0.741. The van der Waals surface area contributed by atoms with Gasteiger partial charge in [0.15, 0.2) is 0 Å². The first-order valence-corrected chi connectivity index (χ1v) is 7.29. The van der Waals surface area contributed by atoms with E-state index in [1.165, 1.54) is 3.57 Å². The van der Waals surface area contributed by atoms with Gasteiger partial charge in [0.2, 0.25) is 0 Å². The third-order valence-electron chi connectivity index (χ3n) is 2.86. The van der Waals surface area contributed by atoms with Gasteiger partial charge in [-0.2, -0.15) is 5.10 Å². The fourth-order valence-corrected chi connectivity index (χ4v) is 2.21. The van der Waals surface area contributed by atoms with E-state index in [2.05, 4.69) is 50.2 Å². The number of aromatic nitrogens is 1. The highest BCUT2D eigenvalue weighted by atomic mass is 127. The summed E-state index contributed by atoms with van der Waals surface area (Å²) in [4.78, 5) is 4.49. The molecule has 0 saturated carbocycles. The Balaban J connectivity index is 1.74. The number of fused-ring (bicyclic) bond motifs is 1. The van der Waals surface area contributed by atoms with Gasteiger partial charge in [0, 0.05) is 8.96 Å². The molecule has 0 unspecified atom stereocenters. The number of anilines is 1. The lowest BCUT2D eigenvalue weighted by atomic mass is 10.2. The number of hydrogen-bond donors (Lipinski definition) is 1. The van der Waals surface area contributed by atoms with Crippen LogP contribution in [-0.4, -0.2) is 11.2 Å². The standard InChI is InChI=1S/C16H12IN3/c17-14-8-5-12(6-9-14)11-18-20-16-10-7-13-3-1-2-4-15(13)19-16/h1-11H,(H,19,20)/b18-11-. The van der Waals surface area contributed by atoms with Crippen molar-refractivity contribution in [3.63, 3.8) is 0 Å². The molecule has 1 heterocycles. The van der Waals surface area contributed by atoms with Crippen LogP contribution in [0.15, 0.2) is 65.8 Å². The number of pyridine rings is 1. The quantitative estimate of drug-likeness (QED) is 0.423. The molecule has 98 valence electrons. The summed E-state index contributed by atoms with van der Waals surface area (Å²) in [6.45, 7) is 0. The van der Waals surface area contributed by atoms with E-state index >= 15 is 0 Å². The lowest BCUT2D eigenvalue weighted by molar-refractivity contribution is 1.26. The van der Waals surface area contributed by atoms with Gasteiger partial charge in [-0.1, -0.05) is 30.3 Å². The number of rotatable bonds is 3. The molecule has 0 bridgehead atoms. The summed E-state index contributed by atoms with van der Waals surface area (Å²) < 4.78 is 1.21. The van der Waals surface area contributed by atoms with Gasteiger partial charge in [-0.15, -0.1) is 0 Å². The van der Waals surface area contributed by atoms with Crippen molar-refractivity contribution in [1.29, 1.82) is 0 Å². The molecule has 2 aromatic carbocycles. The molecule has 1 aromatic heterocycles. The van der Waals surface area contributed by atoms with Gasteiger partial charge >= 0.3 is 0 Å². The molecule has 0 saturated heterocycles. The second kappa shape index (κ2) is 6.00. The van der Waals surface area contributed by atoms with E-state index in [0.29, 0.717) is 0 Å². The summed E-state index contributed by atoms with van der Waals surface area (Å²) in [5.41, 5.74) is 4.97. The second-order valence-electron chi connectivity index (χ2n) is 4.31. The first-order valence-electron chi connectivity index (χ1n) is 6.22. The Hall–Kier alpha value is -1.95. The molecular formula is C16H12IN3. The van der Waals surface area contributed by atoms with Crippen LogP contribution in [0.1, 0.15) is 5.56 Å². The molecule has 20 heavy (non-hydrogen) atoms. The zero-order chi connectivity index (χ0) is 13.8. The third-order valence-corrected chi connectivity index (χ3v) is 3.58. The molecular weight excluding hydrogens is 361 g/mol. The Bertz CT molecular complexity index is 751. The first kappa shape index (κ1) is 13.1. The van der Waals surface area contributed by atoms with Crippen molar-refractivity contribution < 1.29 is 0 Å². The highest BCUT2D eigenvalue weighted by Crippen LogP contribution is 2.14. The minimum atomic E-state index is 0.741. The third kappa shape index (κ3) is 3.14. The number of nitrogens with zero attached hydrogens (tertiary/aromatic N) is 2. The molecule has 3 aromatic rings. The van der Waals surface area contributed by atoms with Crippen LogP contribution < -0.4 is 5.43 Å². The number of benzene rings is 2. The van der Waals surface area contributed by atoms with Crippen LogP contribution in [0.3, 0.4) is 0 Å². The lowest BCUT2D eigenvalue weighted by Crippen LogP contribution is -1.93. The van der Waals surface area contributed by atoms with Crippen molar-refractivity contribution in [2.75, 3.05) is 5.43 Å². The van der Waals surface area contributed by atoms with Crippen molar-refractivity contribution >= 4 is 45.5 Å². The fourth-order valence-electron chi connectivity index (χ4n) is 1.85. The van der Waals surface area contributed by atoms with Crippen molar-refractivity contribution in [3.05, 3.63) is 69.8 Å². The van der Waals surface area contributed by atoms with E-state index in [1.807, 2.05) is 48.5 Å². The zero-order valence-corrected chi connectivity index (χ0v) is 12.8. The molecule has 1 N–H and O–H groups in total. The number of hydrogen-bond acceptors (Lipinski definition) is 3. The predicted octanol–water partition coefficient (Wildman–Crippen LogP) is 4.29. The molecule has 0 atom stereocenters. The van der Waals surface area contributed by atoms with Gasteiger partial charge in [-0.3, -0.25) is 5.43 Å². The van der Waals surface area contributed by atoms with Crippen LogP contribution in [0, 0.1) is 3.57 Å². The average Bonchev–Trinajstić information content (AvgIpc) is 2.49. The Morgan fingerprint density at radius 2 is 1.75 bits per heavy atom. The minimum Gasteiger partial charge on any atom is -0.261 e. The van der Waals surface area contributed by atoms with E-state index in [4.69, 9.17) is 0 Å². The molecule has 0 radical (unpaired) electrons. The molecule has 4 heteroatoms. The number of nitrogens with one attached hydrogen (secondary N) is 1. The summed E-state index contributed by atoms with van der Waals surface area (Å²) in [6, 6.07) is 20.1. The number of halogens is 1. The van der Waals surface area contributed by atoms with Gasteiger partial charge < -0.3 is 0 Å². The fraction of sp³-hybridized carbons (Fsp3) is 0. The van der Waals surface area contributed by atoms with Gasteiger partial charge in [0.05, 0.1) is 11.7 Å². The number of para-hydroxylation sites is 1. The maximum atomic E-state index is 4.49. The summed E-state index contributed by atoms with van der Waals surface area (Å²) in [6.07, 6.45) is 1.78. The molecule has 0 spiro atoms. The molecule has 0 aliphatic heterocycles. The molecule has 0 aliphatic carbocycles. The highest BCUT2D eigenvalue weighted by Gasteiger charge is 1.95. The maximum absolute atomic E-state index is 4.49. The van der Waals surface area contributed by atoms with Crippen LogP contribution in [0.5, 0.6) is 0 Å². The van der Waals surface area contributed by atoms with E-state index in [-0.39, 0.29) is 0 Å². The molecule has 0 fully saturated rings. The Labute approximate surface area is 130 Å². The Morgan fingerprint density at radius 1 is 0.950 bits per heavy atom. The van der Waals surface area contributed by atoms with Crippen LogP contribution in [-0.2, 0) is 0 Å². The predicted molar refractivity (Wildman–Crippen MR) is 92.1 cm³/mol. The topological polar surface area (TPSA) is 37.3 Å². The van der Waals surface area contributed by atoms with Crippen LogP contribution in [0.2, 0.25) is 0 Å². The van der Waals surface area contributed by atoms with Gasteiger partial charge in [0.1, 0.15) is 5.82 Å². The summed E-state index contributed by atoms with van der Waals surface area (Å²) in [5.74, 6) is 0.741. The van der Waals surface area contributed by atoms with Crippen molar-refractivity contribution in [2.24, 2.45) is 5.10 Å². The monoisotopic (exact) mass is 373 g/mol. The van der Waals surface area contributed by atoms with E-state index < -0.39 is 0 Å². The molecule has 0 aliphatic rings. The molecule has 3 rings (SSSR count). The lowest BCUT2D eigenvalue weighted by Gasteiger charge is -2.01. The molecule has 0 amide bonds. The SMILES string of the molecule is Ic1ccc(/C=N\Nc2ccc3ccccc3n2)cc1. The van der Waals surface area contributed by atoms with Gasteiger partial charge in [-0.25, -0.2) is 4.98 Å². The van der Waals surface area contributed by atoms with Gasteiger partial charge in [-0.05, 0) is 58.5 Å². The number of hydrazone groups is 1. The Morgan fingerprint density at radius 3 is 2.60 bits per heavy atom. The summed E-state index contributed by atoms with van der Waals surface area (Å²) in [5, 5.41) is 5.33. The average molecular weight is 373 g/mol. The maximum Gasteiger partial charge on any atom is 0.146 e. The van der Waals surface area contributed by atoms with E-state index in [0.717, 1.165) is 22.3 Å². The van der Waals surface area contributed by atoms with Crippen LogP contribution in [0.4, 0.5) is 5.82 Å².